The van der Waals surface area contributed by atoms with Crippen molar-refractivity contribution in [1.29, 1.82) is 0 Å². The van der Waals surface area contributed by atoms with Gasteiger partial charge in [-0.2, -0.15) is 0 Å². The van der Waals surface area contributed by atoms with Gasteiger partial charge in [0.25, 0.3) is 0 Å². The van der Waals surface area contributed by atoms with E-state index in [1.807, 2.05) is 7.05 Å². The summed E-state index contributed by atoms with van der Waals surface area (Å²) in [6, 6.07) is 6.92. The maximum Gasteiger partial charge on any atom is 0.0725 e. The molecular weight excluding hydrogens is 198 g/mol. The minimum Gasteiger partial charge on any atom is -0.372 e. The van der Waals surface area contributed by atoms with Crippen molar-refractivity contribution in [2.45, 2.75) is 33.1 Å². The summed E-state index contributed by atoms with van der Waals surface area (Å²) in [5.74, 6) is 0. The van der Waals surface area contributed by atoms with Crippen LogP contribution in [0.25, 0.3) is 0 Å². The number of nitrogens with one attached hydrogen (secondary N) is 1. The van der Waals surface area contributed by atoms with Gasteiger partial charge in [-0.25, -0.2) is 0 Å². The highest BCUT2D eigenvalue weighted by Crippen LogP contribution is 2.24. The molecule has 1 aliphatic heterocycles. The van der Waals surface area contributed by atoms with E-state index < -0.39 is 0 Å². The van der Waals surface area contributed by atoms with Gasteiger partial charge in [0.1, 0.15) is 0 Å². The van der Waals surface area contributed by atoms with E-state index in [2.05, 4.69) is 43.4 Å². The van der Waals surface area contributed by atoms with Gasteiger partial charge in [-0.1, -0.05) is 29.8 Å². The van der Waals surface area contributed by atoms with E-state index in [4.69, 9.17) is 4.74 Å². The van der Waals surface area contributed by atoms with Gasteiger partial charge in [0.05, 0.1) is 19.3 Å². The van der Waals surface area contributed by atoms with Crippen molar-refractivity contribution in [3.8, 4) is 0 Å². The highest BCUT2D eigenvalue weighted by Gasteiger charge is 2.13. The third-order valence-electron chi connectivity index (χ3n) is 2.92. The fraction of sp³-hybridized carbons (Fsp3) is 0.429. The van der Waals surface area contributed by atoms with E-state index in [0.717, 1.165) is 13.2 Å². The number of fused-ring (bicyclic) bond motifs is 1. The summed E-state index contributed by atoms with van der Waals surface area (Å²) in [7, 11) is 1.99. The van der Waals surface area contributed by atoms with Crippen LogP contribution in [0.3, 0.4) is 0 Å². The molecule has 1 heterocycles. The Labute approximate surface area is 97.3 Å². The monoisotopic (exact) mass is 217 g/mol. The average molecular weight is 217 g/mol. The first-order valence-electron chi connectivity index (χ1n) is 5.72. The van der Waals surface area contributed by atoms with Crippen LogP contribution >= 0.6 is 0 Å². The van der Waals surface area contributed by atoms with Crippen molar-refractivity contribution in [3.63, 3.8) is 0 Å². The van der Waals surface area contributed by atoms with E-state index in [-0.39, 0.29) is 0 Å². The number of rotatable bonds is 3. The van der Waals surface area contributed by atoms with Gasteiger partial charge < -0.3 is 10.1 Å². The molecule has 86 valence electrons. The van der Waals surface area contributed by atoms with Crippen LogP contribution in [0.2, 0.25) is 0 Å². The summed E-state index contributed by atoms with van der Waals surface area (Å²) in [6.07, 6.45) is 2.25. The van der Waals surface area contributed by atoms with Gasteiger partial charge in [-0.05, 0) is 37.6 Å². The molecule has 1 atom stereocenters. The second-order valence-corrected chi connectivity index (χ2v) is 4.53. The highest BCUT2D eigenvalue weighted by atomic mass is 16.5. The predicted molar refractivity (Wildman–Crippen MR) is 66.2 cm³/mol. The minimum atomic E-state index is 0.302. The topological polar surface area (TPSA) is 21.3 Å². The molecule has 1 aromatic carbocycles. The molecule has 2 heteroatoms. The van der Waals surface area contributed by atoms with Crippen molar-refractivity contribution in [2.75, 3.05) is 7.05 Å². The molecule has 0 amide bonds. The van der Waals surface area contributed by atoms with Crippen LogP contribution < -0.4 is 5.32 Å². The Hall–Kier alpha value is -1.12. The van der Waals surface area contributed by atoms with Gasteiger partial charge >= 0.3 is 0 Å². The molecule has 0 aliphatic carbocycles. The summed E-state index contributed by atoms with van der Waals surface area (Å²) < 4.78 is 5.43. The van der Waals surface area contributed by atoms with Crippen LogP contribution in [-0.4, -0.2) is 7.05 Å². The Morgan fingerprint density at radius 1 is 1.31 bits per heavy atom. The van der Waals surface area contributed by atoms with Gasteiger partial charge in [-0.3, -0.25) is 0 Å². The zero-order valence-corrected chi connectivity index (χ0v) is 10.2. The van der Waals surface area contributed by atoms with Crippen molar-refractivity contribution in [2.24, 2.45) is 0 Å². The lowest BCUT2D eigenvalue weighted by Crippen LogP contribution is -2.14. The molecule has 0 radical (unpaired) electrons. The van der Waals surface area contributed by atoms with Crippen LogP contribution in [0, 0.1) is 0 Å². The lowest BCUT2D eigenvalue weighted by molar-refractivity contribution is 0.134. The van der Waals surface area contributed by atoms with E-state index in [0.29, 0.717) is 6.04 Å². The molecule has 16 heavy (non-hydrogen) atoms. The zero-order chi connectivity index (χ0) is 11.5. The van der Waals surface area contributed by atoms with E-state index in [1.165, 1.54) is 22.3 Å². The Bertz CT molecular complexity index is 405. The number of benzene rings is 1. The van der Waals surface area contributed by atoms with Crippen molar-refractivity contribution in [3.05, 3.63) is 46.5 Å². The molecule has 0 bridgehead atoms. The second kappa shape index (κ2) is 4.81. The first-order chi connectivity index (χ1) is 7.70. The smallest absolute Gasteiger partial charge is 0.0725 e. The van der Waals surface area contributed by atoms with Gasteiger partial charge in [0.2, 0.25) is 0 Å². The van der Waals surface area contributed by atoms with Crippen LogP contribution in [-0.2, 0) is 18.0 Å². The SMILES string of the molecule is CNC(C=C(C)C)c1ccc2c(c1)COC2. The van der Waals surface area contributed by atoms with E-state index in [9.17, 15) is 0 Å². The van der Waals surface area contributed by atoms with E-state index in [1.54, 1.807) is 0 Å². The Morgan fingerprint density at radius 3 is 2.75 bits per heavy atom. The molecule has 1 aromatic rings. The number of likely N-dealkylation sites (N-methyl/N-ethyl adjacent to an activating group) is 1. The third-order valence-corrected chi connectivity index (χ3v) is 2.92. The van der Waals surface area contributed by atoms with Crippen LogP contribution in [0.5, 0.6) is 0 Å². The molecule has 1 aliphatic rings. The Balaban J connectivity index is 2.29. The molecule has 0 fully saturated rings. The second-order valence-electron chi connectivity index (χ2n) is 4.53. The number of ether oxygens (including phenoxy) is 1. The van der Waals surface area contributed by atoms with Gasteiger partial charge in [-0.15, -0.1) is 0 Å². The first kappa shape index (κ1) is 11.4. The highest BCUT2D eigenvalue weighted by molar-refractivity contribution is 5.36. The quantitative estimate of drug-likeness (QED) is 0.786. The Kier molecular flexibility index (Phi) is 3.42. The lowest BCUT2D eigenvalue weighted by Gasteiger charge is -2.14. The summed E-state index contributed by atoms with van der Waals surface area (Å²) in [6.45, 7) is 5.78. The molecule has 0 spiro atoms. The van der Waals surface area contributed by atoms with Crippen molar-refractivity contribution < 1.29 is 4.74 Å². The maximum atomic E-state index is 5.43. The average Bonchev–Trinajstić information content (AvgIpc) is 2.72. The number of allylic oxidation sites excluding steroid dienone is 1. The fourth-order valence-electron chi connectivity index (χ4n) is 2.06. The summed E-state index contributed by atoms with van der Waals surface area (Å²) in [4.78, 5) is 0. The number of hydrogen-bond donors (Lipinski definition) is 1. The third kappa shape index (κ3) is 2.34. The lowest BCUT2D eigenvalue weighted by atomic mass is 10.00. The molecule has 1 N–H and O–H groups in total. The maximum absolute atomic E-state index is 5.43. The Morgan fingerprint density at radius 2 is 2.06 bits per heavy atom. The standard InChI is InChI=1S/C14H19NO/c1-10(2)6-14(15-3)11-4-5-12-8-16-9-13(12)7-11/h4-7,14-15H,8-9H2,1-3H3. The molecule has 0 saturated carbocycles. The van der Waals surface area contributed by atoms with Crippen molar-refractivity contribution in [1.82, 2.24) is 5.32 Å². The molecule has 1 unspecified atom stereocenters. The summed E-state index contributed by atoms with van der Waals surface area (Å²) in [5, 5.41) is 3.32. The molecule has 0 aromatic heterocycles. The zero-order valence-electron chi connectivity index (χ0n) is 10.2. The number of hydrogen-bond acceptors (Lipinski definition) is 2. The summed E-state index contributed by atoms with van der Waals surface area (Å²) >= 11 is 0. The normalized spacial score (nSPS) is 15.7. The predicted octanol–water partition coefficient (Wildman–Crippen LogP) is 2.94. The molecular formula is C14H19NO. The van der Waals surface area contributed by atoms with Crippen molar-refractivity contribution >= 4 is 0 Å². The van der Waals surface area contributed by atoms with Gasteiger partial charge in [0.15, 0.2) is 0 Å². The largest absolute Gasteiger partial charge is 0.372 e. The van der Waals surface area contributed by atoms with E-state index >= 15 is 0 Å². The van der Waals surface area contributed by atoms with Crippen LogP contribution in [0.1, 0.15) is 36.6 Å². The molecule has 2 nitrogen and oxygen atoms in total. The van der Waals surface area contributed by atoms with Crippen LogP contribution in [0.4, 0.5) is 0 Å². The van der Waals surface area contributed by atoms with Gasteiger partial charge in [0, 0.05) is 0 Å². The van der Waals surface area contributed by atoms with Crippen LogP contribution in [0.15, 0.2) is 29.8 Å². The fourth-order valence-corrected chi connectivity index (χ4v) is 2.06. The molecule has 2 rings (SSSR count). The molecule has 0 saturated heterocycles. The minimum absolute atomic E-state index is 0.302. The first-order valence-corrected chi connectivity index (χ1v) is 5.72. The summed E-state index contributed by atoms with van der Waals surface area (Å²) in [5.41, 5.74) is 5.31.